The molecule has 0 bridgehead atoms. The van der Waals surface area contributed by atoms with Crippen LogP contribution in [0.1, 0.15) is 44.2 Å². The molecule has 0 radical (unpaired) electrons. The van der Waals surface area contributed by atoms with Crippen LogP contribution in [0.3, 0.4) is 0 Å². The number of hydrogen-bond acceptors (Lipinski definition) is 4. The van der Waals surface area contributed by atoms with E-state index < -0.39 is 0 Å². The summed E-state index contributed by atoms with van der Waals surface area (Å²) in [7, 11) is 3.25. The molecular weight excluding hydrogens is 320 g/mol. The Hall–Kier alpha value is -1.95. The Balaban J connectivity index is 1.70. The average molecular weight is 348 g/mol. The zero-order valence-corrected chi connectivity index (χ0v) is 15.3. The normalized spacial score (nSPS) is 24.2. The second kappa shape index (κ2) is 7.95. The van der Waals surface area contributed by atoms with Gasteiger partial charge in [-0.15, -0.1) is 0 Å². The van der Waals surface area contributed by atoms with E-state index in [1.807, 2.05) is 30.0 Å². The number of carbonyl (C=O) groups excluding carboxylic acids is 1. The van der Waals surface area contributed by atoms with Crippen molar-refractivity contribution in [1.29, 1.82) is 0 Å². The molecule has 2 heterocycles. The lowest BCUT2D eigenvalue weighted by atomic mass is 10.0. The fraction of sp³-hybridized carbons (Fsp3) is 0.632. The van der Waals surface area contributed by atoms with Crippen LogP contribution < -0.4 is 14.8 Å². The largest absolute Gasteiger partial charge is 0.493 e. The molecule has 3 atom stereocenters. The van der Waals surface area contributed by atoms with Gasteiger partial charge in [0.05, 0.1) is 32.4 Å². The highest BCUT2D eigenvalue weighted by Crippen LogP contribution is 2.36. The van der Waals surface area contributed by atoms with Crippen molar-refractivity contribution in [3.05, 3.63) is 23.8 Å². The number of methoxy groups -OCH3 is 2. The minimum Gasteiger partial charge on any atom is -0.493 e. The van der Waals surface area contributed by atoms with Crippen molar-refractivity contribution in [1.82, 2.24) is 10.2 Å². The van der Waals surface area contributed by atoms with Gasteiger partial charge in [-0.05, 0) is 50.3 Å². The molecule has 138 valence electrons. The Kier molecular flexibility index (Phi) is 5.68. The van der Waals surface area contributed by atoms with E-state index in [0.717, 1.165) is 44.4 Å². The van der Waals surface area contributed by atoms with E-state index in [4.69, 9.17) is 14.2 Å². The van der Waals surface area contributed by atoms with E-state index in [9.17, 15) is 4.79 Å². The highest BCUT2D eigenvalue weighted by atomic mass is 16.5. The minimum atomic E-state index is -0.0136. The van der Waals surface area contributed by atoms with E-state index in [1.54, 1.807) is 14.2 Å². The second-order valence-corrected chi connectivity index (χ2v) is 6.76. The molecule has 0 aliphatic carbocycles. The zero-order chi connectivity index (χ0) is 17.8. The number of amides is 2. The van der Waals surface area contributed by atoms with Gasteiger partial charge in [0.15, 0.2) is 11.5 Å². The van der Waals surface area contributed by atoms with Gasteiger partial charge in [-0.25, -0.2) is 4.79 Å². The lowest BCUT2D eigenvalue weighted by Crippen LogP contribution is -2.47. The van der Waals surface area contributed by atoms with Crippen LogP contribution in [-0.2, 0) is 4.74 Å². The summed E-state index contributed by atoms with van der Waals surface area (Å²) in [5.74, 6) is 1.40. The summed E-state index contributed by atoms with van der Waals surface area (Å²) in [6.07, 6.45) is 4.17. The summed E-state index contributed by atoms with van der Waals surface area (Å²) in [6.45, 7) is 3.58. The average Bonchev–Trinajstić information content (AvgIpc) is 3.32. The van der Waals surface area contributed by atoms with Crippen molar-refractivity contribution < 1.29 is 19.0 Å². The van der Waals surface area contributed by atoms with Crippen LogP contribution in [0.5, 0.6) is 11.5 Å². The number of carbonyl (C=O) groups is 1. The molecule has 1 aromatic rings. The van der Waals surface area contributed by atoms with Crippen molar-refractivity contribution in [2.24, 2.45) is 0 Å². The summed E-state index contributed by atoms with van der Waals surface area (Å²) in [6, 6.07) is 5.97. The Morgan fingerprint density at radius 2 is 2.04 bits per heavy atom. The van der Waals surface area contributed by atoms with Crippen LogP contribution in [-0.4, -0.2) is 50.4 Å². The maximum Gasteiger partial charge on any atom is 0.318 e. The van der Waals surface area contributed by atoms with Crippen LogP contribution in [0.25, 0.3) is 0 Å². The number of likely N-dealkylation sites (tertiary alicyclic amines) is 1. The van der Waals surface area contributed by atoms with Gasteiger partial charge in [-0.2, -0.15) is 0 Å². The molecule has 3 rings (SSSR count). The topological polar surface area (TPSA) is 60.0 Å². The summed E-state index contributed by atoms with van der Waals surface area (Å²) in [5, 5.41) is 3.12. The monoisotopic (exact) mass is 348 g/mol. The third-order valence-corrected chi connectivity index (χ3v) is 5.18. The maximum absolute atomic E-state index is 12.8. The molecule has 2 saturated heterocycles. The second-order valence-electron chi connectivity index (χ2n) is 6.76. The van der Waals surface area contributed by atoms with Crippen LogP contribution in [0.4, 0.5) is 4.79 Å². The van der Waals surface area contributed by atoms with Crippen molar-refractivity contribution in [2.45, 2.75) is 50.8 Å². The third-order valence-electron chi connectivity index (χ3n) is 5.18. The Bertz CT molecular complexity index is 601. The van der Waals surface area contributed by atoms with Crippen molar-refractivity contribution in [3.63, 3.8) is 0 Å². The van der Waals surface area contributed by atoms with Crippen LogP contribution in [0.2, 0.25) is 0 Å². The molecule has 0 aromatic heterocycles. The van der Waals surface area contributed by atoms with Gasteiger partial charge in [0.1, 0.15) is 0 Å². The SMILES string of the molecule is COc1ccc([C@@H]2CCCN2C(=O)N[C@H](C)[C@H]2CCCO2)cc1OC. The molecule has 25 heavy (non-hydrogen) atoms. The Morgan fingerprint density at radius 3 is 2.72 bits per heavy atom. The van der Waals surface area contributed by atoms with Gasteiger partial charge in [-0.3, -0.25) is 0 Å². The number of nitrogens with zero attached hydrogens (tertiary/aromatic N) is 1. The minimum absolute atomic E-state index is 0.0136. The first-order valence-electron chi connectivity index (χ1n) is 9.04. The molecule has 0 spiro atoms. The standard InChI is InChI=1S/C19H28N2O4/c1-13(16-7-5-11-25-16)20-19(22)21-10-4-6-15(21)14-8-9-17(23-2)18(12-14)24-3/h8-9,12-13,15-16H,4-7,10-11H2,1-3H3,(H,20,22)/t13-,15+,16-/m1/s1. The number of urea groups is 1. The fourth-order valence-corrected chi connectivity index (χ4v) is 3.78. The predicted molar refractivity (Wildman–Crippen MR) is 95.2 cm³/mol. The third kappa shape index (κ3) is 3.84. The fourth-order valence-electron chi connectivity index (χ4n) is 3.78. The number of hydrogen-bond donors (Lipinski definition) is 1. The van der Waals surface area contributed by atoms with Crippen LogP contribution in [0.15, 0.2) is 18.2 Å². The molecular formula is C19H28N2O4. The van der Waals surface area contributed by atoms with Crippen molar-refractivity contribution in [2.75, 3.05) is 27.4 Å². The molecule has 0 saturated carbocycles. The first-order valence-corrected chi connectivity index (χ1v) is 9.04. The van der Waals surface area contributed by atoms with E-state index >= 15 is 0 Å². The van der Waals surface area contributed by atoms with Gasteiger partial charge in [0.2, 0.25) is 0 Å². The number of rotatable bonds is 5. The molecule has 0 unspecified atom stereocenters. The van der Waals surface area contributed by atoms with E-state index in [2.05, 4.69) is 5.32 Å². The van der Waals surface area contributed by atoms with E-state index in [-0.39, 0.29) is 24.2 Å². The smallest absolute Gasteiger partial charge is 0.318 e. The van der Waals surface area contributed by atoms with E-state index in [1.165, 1.54) is 0 Å². The summed E-state index contributed by atoms with van der Waals surface area (Å²) in [4.78, 5) is 14.7. The van der Waals surface area contributed by atoms with Crippen LogP contribution in [0, 0.1) is 0 Å². The Morgan fingerprint density at radius 1 is 1.24 bits per heavy atom. The number of benzene rings is 1. The van der Waals surface area contributed by atoms with Crippen molar-refractivity contribution in [3.8, 4) is 11.5 Å². The summed E-state index contributed by atoms with van der Waals surface area (Å²) in [5.41, 5.74) is 1.08. The summed E-state index contributed by atoms with van der Waals surface area (Å²) >= 11 is 0. The molecule has 1 aromatic carbocycles. The maximum atomic E-state index is 12.8. The van der Waals surface area contributed by atoms with E-state index in [0.29, 0.717) is 11.5 Å². The predicted octanol–water partition coefficient (Wildman–Crippen LogP) is 3.12. The molecule has 2 aliphatic rings. The van der Waals surface area contributed by atoms with Crippen LogP contribution >= 0.6 is 0 Å². The number of nitrogens with one attached hydrogen (secondary N) is 1. The van der Waals surface area contributed by atoms with Gasteiger partial charge in [-0.1, -0.05) is 6.07 Å². The van der Waals surface area contributed by atoms with Gasteiger partial charge < -0.3 is 24.4 Å². The number of ether oxygens (including phenoxy) is 3. The molecule has 2 amide bonds. The van der Waals surface area contributed by atoms with Crippen molar-refractivity contribution >= 4 is 6.03 Å². The quantitative estimate of drug-likeness (QED) is 0.888. The van der Waals surface area contributed by atoms with Gasteiger partial charge >= 0.3 is 6.03 Å². The summed E-state index contributed by atoms with van der Waals surface area (Å²) < 4.78 is 16.4. The molecule has 6 nitrogen and oxygen atoms in total. The molecule has 2 fully saturated rings. The highest BCUT2D eigenvalue weighted by Gasteiger charge is 2.32. The first kappa shape index (κ1) is 17.9. The Labute approximate surface area is 149 Å². The first-order chi connectivity index (χ1) is 12.1. The lowest BCUT2D eigenvalue weighted by molar-refractivity contribution is 0.0829. The molecule has 1 N–H and O–H groups in total. The highest BCUT2D eigenvalue weighted by molar-refractivity contribution is 5.75. The lowest BCUT2D eigenvalue weighted by Gasteiger charge is -2.29. The van der Waals surface area contributed by atoms with Gasteiger partial charge in [0.25, 0.3) is 0 Å². The zero-order valence-electron chi connectivity index (χ0n) is 15.3. The molecule has 2 aliphatic heterocycles. The molecule has 6 heteroatoms. The van der Waals surface area contributed by atoms with Gasteiger partial charge in [0, 0.05) is 13.2 Å².